The number of nitrogens with one attached hydrogen (secondary N) is 3. The van der Waals surface area contributed by atoms with Gasteiger partial charge in [-0.1, -0.05) is 30.3 Å². The molecule has 9 heteroatoms. The number of hydrogen-bond acceptors (Lipinski definition) is 6. The molecule has 0 saturated heterocycles. The summed E-state index contributed by atoms with van der Waals surface area (Å²) < 4.78 is 0. The van der Waals surface area contributed by atoms with Crippen molar-refractivity contribution in [3.05, 3.63) is 65.2 Å². The fourth-order valence-corrected chi connectivity index (χ4v) is 4.29. The zero-order valence-corrected chi connectivity index (χ0v) is 18.9. The van der Waals surface area contributed by atoms with Crippen LogP contribution in [0.5, 0.6) is 0 Å². The highest BCUT2D eigenvalue weighted by atomic mass is 16.3. The second-order valence-corrected chi connectivity index (χ2v) is 8.79. The van der Waals surface area contributed by atoms with Gasteiger partial charge in [0.15, 0.2) is 0 Å². The van der Waals surface area contributed by atoms with Crippen LogP contribution in [0.25, 0.3) is 5.57 Å². The van der Waals surface area contributed by atoms with Crippen molar-refractivity contribution in [1.82, 2.24) is 5.32 Å². The average Bonchev–Trinajstić information content (AvgIpc) is 3.11. The molecule has 5 atom stereocenters. The number of nitrogens with two attached hydrogens (primary N) is 1. The van der Waals surface area contributed by atoms with Crippen molar-refractivity contribution in [1.29, 1.82) is 0 Å². The van der Waals surface area contributed by atoms with Crippen molar-refractivity contribution in [2.24, 2.45) is 11.7 Å². The first-order valence-corrected chi connectivity index (χ1v) is 11.1. The maximum atomic E-state index is 12.7. The summed E-state index contributed by atoms with van der Waals surface area (Å²) in [7, 11) is 0. The standard InChI is InChI=1S/C25H28N4O5/c1-12(26)23(32)27-13(2)24(33)28-15-7-8-20-18(11-15)19(25(34)29-20)9-14-10-21(30)16-5-3-4-6-17(16)22(14)31/h3-9,11-14,21-22,30-31H,10,26H2,1-2H3,(H,27,32)(H,28,33)(H,29,34)/b19-9-/t12-,13-,14?,21?,22?/m0/s1. The fraction of sp³-hybridized carbons (Fsp3) is 0.320. The van der Waals surface area contributed by atoms with Gasteiger partial charge in [-0.05, 0) is 49.6 Å². The van der Waals surface area contributed by atoms with Crippen LogP contribution in [0.15, 0.2) is 48.5 Å². The molecule has 7 N–H and O–H groups in total. The van der Waals surface area contributed by atoms with Gasteiger partial charge in [0.25, 0.3) is 5.91 Å². The molecule has 0 bridgehead atoms. The van der Waals surface area contributed by atoms with E-state index in [0.29, 0.717) is 33.6 Å². The Kier molecular flexibility index (Phi) is 6.52. The number of anilines is 2. The molecule has 0 saturated carbocycles. The van der Waals surface area contributed by atoms with Crippen LogP contribution in [0, 0.1) is 5.92 Å². The predicted octanol–water partition coefficient (Wildman–Crippen LogP) is 1.60. The zero-order valence-electron chi connectivity index (χ0n) is 18.9. The maximum absolute atomic E-state index is 12.7. The third-order valence-corrected chi connectivity index (χ3v) is 6.19. The van der Waals surface area contributed by atoms with Gasteiger partial charge in [0.2, 0.25) is 11.8 Å². The van der Waals surface area contributed by atoms with Gasteiger partial charge in [0.1, 0.15) is 6.04 Å². The van der Waals surface area contributed by atoms with E-state index in [1.54, 1.807) is 49.4 Å². The van der Waals surface area contributed by atoms with Gasteiger partial charge >= 0.3 is 0 Å². The monoisotopic (exact) mass is 464 g/mol. The second kappa shape index (κ2) is 9.38. The van der Waals surface area contributed by atoms with Crippen molar-refractivity contribution < 1.29 is 24.6 Å². The smallest absolute Gasteiger partial charge is 0.256 e. The van der Waals surface area contributed by atoms with Crippen LogP contribution >= 0.6 is 0 Å². The summed E-state index contributed by atoms with van der Waals surface area (Å²) in [5.74, 6) is -1.66. The minimum atomic E-state index is -0.860. The average molecular weight is 465 g/mol. The third kappa shape index (κ3) is 4.58. The molecule has 0 aromatic heterocycles. The number of amides is 3. The number of benzene rings is 2. The number of hydrogen-bond donors (Lipinski definition) is 6. The summed E-state index contributed by atoms with van der Waals surface area (Å²) in [5, 5.41) is 29.5. The van der Waals surface area contributed by atoms with Crippen LogP contribution in [0.1, 0.15) is 49.2 Å². The van der Waals surface area contributed by atoms with E-state index in [0.717, 1.165) is 0 Å². The van der Waals surface area contributed by atoms with E-state index in [1.165, 1.54) is 6.92 Å². The lowest BCUT2D eigenvalue weighted by atomic mass is 9.78. The Bertz CT molecular complexity index is 1180. The molecule has 0 fully saturated rings. The topological polar surface area (TPSA) is 154 Å². The number of rotatable bonds is 5. The highest BCUT2D eigenvalue weighted by Gasteiger charge is 2.34. The number of aliphatic hydroxyl groups is 2. The zero-order chi connectivity index (χ0) is 24.6. The summed E-state index contributed by atoms with van der Waals surface area (Å²) in [5.41, 5.74) is 8.83. The highest BCUT2D eigenvalue weighted by molar-refractivity contribution is 6.31. The van der Waals surface area contributed by atoms with E-state index < -0.39 is 42.0 Å². The van der Waals surface area contributed by atoms with Crippen molar-refractivity contribution >= 4 is 34.7 Å². The van der Waals surface area contributed by atoms with Crippen LogP contribution in [-0.2, 0) is 14.4 Å². The van der Waals surface area contributed by atoms with E-state index in [4.69, 9.17) is 5.73 Å². The lowest BCUT2D eigenvalue weighted by Gasteiger charge is -2.31. The lowest BCUT2D eigenvalue weighted by molar-refractivity contribution is -0.126. The molecule has 2 aliphatic rings. The Labute approximate surface area is 197 Å². The van der Waals surface area contributed by atoms with Gasteiger partial charge in [-0.3, -0.25) is 14.4 Å². The SMILES string of the molecule is C[C@H](N)C(=O)N[C@@H](C)C(=O)Nc1ccc2c(c1)/C(=C/C1CC(O)c3ccccc3C1O)C(=O)N2. The normalized spacial score (nSPS) is 24.0. The van der Waals surface area contributed by atoms with Gasteiger partial charge in [-0.2, -0.15) is 0 Å². The Morgan fingerprint density at radius 2 is 1.82 bits per heavy atom. The van der Waals surface area contributed by atoms with Crippen LogP contribution in [-0.4, -0.2) is 40.0 Å². The van der Waals surface area contributed by atoms with Crippen molar-refractivity contribution in [3.63, 3.8) is 0 Å². The summed E-state index contributed by atoms with van der Waals surface area (Å²) in [6.45, 7) is 3.08. The van der Waals surface area contributed by atoms with E-state index in [2.05, 4.69) is 16.0 Å². The van der Waals surface area contributed by atoms with Crippen molar-refractivity contribution in [2.45, 2.75) is 44.6 Å². The molecule has 34 heavy (non-hydrogen) atoms. The van der Waals surface area contributed by atoms with Gasteiger partial charge in [0.05, 0.1) is 18.2 Å². The van der Waals surface area contributed by atoms with Gasteiger partial charge in [-0.15, -0.1) is 0 Å². The molecular weight excluding hydrogens is 436 g/mol. The van der Waals surface area contributed by atoms with E-state index in [9.17, 15) is 24.6 Å². The molecule has 2 aromatic carbocycles. The Morgan fingerprint density at radius 3 is 2.53 bits per heavy atom. The molecule has 1 heterocycles. The Balaban J connectivity index is 1.56. The molecule has 0 spiro atoms. The van der Waals surface area contributed by atoms with Crippen LogP contribution in [0.2, 0.25) is 0 Å². The number of fused-ring (bicyclic) bond motifs is 2. The number of carbonyl (C=O) groups is 3. The first-order chi connectivity index (χ1) is 16.2. The van der Waals surface area contributed by atoms with Crippen LogP contribution in [0.4, 0.5) is 11.4 Å². The molecule has 0 radical (unpaired) electrons. The van der Waals surface area contributed by atoms with E-state index in [1.807, 2.05) is 6.07 Å². The first kappa shape index (κ1) is 23.6. The van der Waals surface area contributed by atoms with E-state index in [-0.39, 0.29) is 12.3 Å². The minimum absolute atomic E-state index is 0.275. The molecule has 1 aliphatic carbocycles. The Hall–Kier alpha value is -3.53. The molecule has 4 rings (SSSR count). The molecule has 2 aromatic rings. The molecule has 1 aliphatic heterocycles. The first-order valence-electron chi connectivity index (χ1n) is 11.1. The molecule has 178 valence electrons. The predicted molar refractivity (Wildman–Crippen MR) is 127 cm³/mol. The third-order valence-electron chi connectivity index (χ3n) is 6.19. The van der Waals surface area contributed by atoms with Gasteiger partial charge in [0, 0.05) is 28.4 Å². The number of aliphatic hydroxyl groups excluding tert-OH is 2. The molecular formula is C25H28N4O5. The lowest BCUT2D eigenvalue weighted by Crippen LogP contribution is -2.47. The summed E-state index contributed by atoms with van der Waals surface area (Å²) in [6, 6.07) is 10.6. The minimum Gasteiger partial charge on any atom is -0.388 e. The van der Waals surface area contributed by atoms with Crippen LogP contribution < -0.4 is 21.7 Å². The quantitative estimate of drug-likeness (QED) is 0.370. The molecule has 3 amide bonds. The van der Waals surface area contributed by atoms with Gasteiger partial charge in [-0.25, -0.2) is 0 Å². The fourth-order valence-electron chi connectivity index (χ4n) is 4.29. The molecule has 3 unspecified atom stereocenters. The number of carbonyl (C=O) groups excluding carboxylic acids is 3. The van der Waals surface area contributed by atoms with Crippen LogP contribution in [0.3, 0.4) is 0 Å². The van der Waals surface area contributed by atoms with Crippen molar-refractivity contribution in [3.8, 4) is 0 Å². The largest absolute Gasteiger partial charge is 0.388 e. The van der Waals surface area contributed by atoms with Gasteiger partial charge < -0.3 is 31.9 Å². The summed E-state index contributed by atoms with van der Waals surface area (Å²) >= 11 is 0. The Morgan fingerprint density at radius 1 is 1.12 bits per heavy atom. The summed E-state index contributed by atoms with van der Waals surface area (Å²) in [6.07, 6.45) is 0.352. The van der Waals surface area contributed by atoms with E-state index >= 15 is 0 Å². The second-order valence-electron chi connectivity index (χ2n) is 8.79. The summed E-state index contributed by atoms with van der Waals surface area (Å²) in [4.78, 5) is 37.0. The molecule has 9 nitrogen and oxygen atoms in total. The van der Waals surface area contributed by atoms with Crippen molar-refractivity contribution in [2.75, 3.05) is 10.6 Å². The highest BCUT2D eigenvalue weighted by Crippen LogP contribution is 2.43. The maximum Gasteiger partial charge on any atom is 0.256 e.